The van der Waals surface area contributed by atoms with Gasteiger partial charge in [-0.1, -0.05) is 36.5 Å². The molecule has 0 aliphatic heterocycles. The number of hydrogen-bond acceptors (Lipinski definition) is 3. The molecule has 0 bridgehead atoms. The van der Waals surface area contributed by atoms with Gasteiger partial charge in [0.05, 0.1) is 21.2 Å². The number of sulfonamides is 1. The third kappa shape index (κ3) is 5.37. The van der Waals surface area contributed by atoms with E-state index in [-0.39, 0.29) is 27.6 Å². The maximum atomic E-state index is 12.4. The van der Waals surface area contributed by atoms with Gasteiger partial charge >= 0.3 is 0 Å². The van der Waals surface area contributed by atoms with Gasteiger partial charge in [0.1, 0.15) is 0 Å². The fourth-order valence-electron chi connectivity index (χ4n) is 2.40. The van der Waals surface area contributed by atoms with Crippen LogP contribution in [0.15, 0.2) is 47.4 Å². The first-order valence-electron chi connectivity index (χ1n) is 8.11. The van der Waals surface area contributed by atoms with E-state index in [4.69, 9.17) is 23.2 Å². The monoisotopic (exact) mass is 414 g/mol. The van der Waals surface area contributed by atoms with Crippen molar-refractivity contribution in [2.75, 3.05) is 4.72 Å². The van der Waals surface area contributed by atoms with Crippen molar-refractivity contribution >= 4 is 44.8 Å². The predicted octanol–water partition coefficient (Wildman–Crippen LogP) is 4.71. The SMILES string of the molecule is CCC[C@@H](C)NC(=O)c1ccc(NS(=O)(=O)c2ccc(Cl)cc2)cc1Cl. The minimum atomic E-state index is -3.77. The van der Waals surface area contributed by atoms with Gasteiger partial charge in [-0.3, -0.25) is 9.52 Å². The van der Waals surface area contributed by atoms with Gasteiger partial charge in [-0.05, 0) is 55.8 Å². The van der Waals surface area contributed by atoms with E-state index in [1.54, 1.807) is 0 Å². The molecule has 0 spiro atoms. The first kappa shape index (κ1) is 20.6. The highest BCUT2D eigenvalue weighted by molar-refractivity contribution is 7.92. The largest absolute Gasteiger partial charge is 0.350 e. The predicted molar refractivity (Wildman–Crippen MR) is 106 cm³/mol. The lowest BCUT2D eigenvalue weighted by Crippen LogP contribution is -2.32. The quantitative estimate of drug-likeness (QED) is 0.688. The third-order valence-corrected chi connectivity index (χ3v) is 5.65. The molecule has 2 rings (SSSR count). The number of carbonyl (C=O) groups is 1. The van der Waals surface area contributed by atoms with Gasteiger partial charge in [-0.2, -0.15) is 0 Å². The van der Waals surface area contributed by atoms with Gasteiger partial charge in [0.2, 0.25) is 0 Å². The Balaban J connectivity index is 2.16. The van der Waals surface area contributed by atoms with Crippen LogP contribution in [0.1, 0.15) is 37.0 Å². The average Bonchev–Trinajstić information content (AvgIpc) is 2.55. The van der Waals surface area contributed by atoms with Crippen molar-refractivity contribution < 1.29 is 13.2 Å². The second-order valence-corrected chi connectivity index (χ2v) is 8.44. The van der Waals surface area contributed by atoms with Crippen LogP contribution in [0, 0.1) is 0 Å². The number of nitrogens with one attached hydrogen (secondary N) is 2. The van der Waals surface area contributed by atoms with Gasteiger partial charge in [0.15, 0.2) is 0 Å². The van der Waals surface area contributed by atoms with Crippen LogP contribution in [-0.2, 0) is 10.0 Å². The van der Waals surface area contributed by atoms with E-state index in [0.29, 0.717) is 10.6 Å². The molecule has 0 aromatic heterocycles. The lowest BCUT2D eigenvalue weighted by molar-refractivity contribution is 0.0938. The van der Waals surface area contributed by atoms with E-state index >= 15 is 0 Å². The van der Waals surface area contributed by atoms with E-state index in [1.807, 2.05) is 13.8 Å². The molecule has 1 amide bonds. The van der Waals surface area contributed by atoms with Gasteiger partial charge in [-0.25, -0.2) is 8.42 Å². The lowest BCUT2D eigenvalue weighted by Gasteiger charge is -2.14. The van der Waals surface area contributed by atoms with Crippen molar-refractivity contribution in [1.29, 1.82) is 0 Å². The zero-order valence-electron chi connectivity index (χ0n) is 14.4. The number of rotatable bonds is 7. The molecular weight excluding hydrogens is 395 g/mol. The second kappa shape index (κ2) is 8.75. The Morgan fingerprint density at radius 1 is 1.12 bits per heavy atom. The van der Waals surface area contributed by atoms with Crippen LogP contribution in [0.2, 0.25) is 10.0 Å². The standard InChI is InChI=1S/C18H20Cl2N2O3S/c1-3-4-12(2)21-18(23)16-10-7-14(11-17(16)20)22-26(24,25)15-8-5-13(19)6-9-15/h5-12,22H,3-4H2,1-2H3,(H,21,23)/t12-/m1/s1. The van der Waals surface area contributed by atoms with Crippen LogP contribution in [0.4, 0.5) is 5.69 Å². The molecule has 1 atom stereocenters. The fourth-order valence-corrected chi connectivity index (χ4v) is 3.84. The molecule has 140 valence electrons. The van der Waals surface area contributed by atoms with Crippen LogP contribution in [0.5, 0.6) is 0 Å². The summed E-state index contributed by atoms with van der Waals surface area (Å²) in [7, 11) is -3.77. The summed E-state index contributed by atoms with van der Waals surface area (Å²) in [6.07, 6.45) is 1.82. The van der Waals surface area contributed by atoms with Crippen LogP contribution < -0.4 is 10.0 Å². The number of hydrogen-bond donors (Lipinski definition) is 2. The highest BCUT2D eigenvalue weighted by Gasteiger charge is 2.17. The van der Waals surface area contributed by atoms with Crippen LogP contribution in [0.3, 0.4) is 0 Å². The molecule has 2 aromatic rings. The molecule has 26 heavy (non-hydrogen) atoms. The number of amides is 1. The van der Waals surface area contributed by atoms with Gasteiger partial charge in [-0.15, -0.1) is 0 Å². The number of anilines is 1. The molecule has 0 radical (unpaired) electrons. The summed E-state index contributed by atoms with van der Waals surface area (Å²) >= 11 is 11.9. The Kier molecular flexibility index (Phi) is 6.92. The molecule has 0 aliphatic carbocycles. The molecular formula is C18H20Cl2N2O3S. The Labute approximate surface area is 163 Å². The molecule has 8 heteroatoms. The Bertz CT molecular complexity index is 884. The molecule has 0 fully saturated rings. The highest BCUT2D eigenvalue weighted by Crippen LogP contribution is 2.24. The number of halogens is 2. The van der Waals surface area contributed by atoms with E-state index in [1.165, 1.54) is 42.5 Å². The first-order chi connectivity index (χ1) is 12.2. The molecule has 2 aromatic carbocycles. The number of benzene rings is 2. The Hall–Kier alpha value is -1.76. The summed E-state index contributed by atoms with van der Waals surface area (Å²) < 4.78 is 27.2. The maximum Gasteiger partial charge on any atom is 0.261 e. The molecule has 0 saturated carbocycles. The summed E-state index contributed by atoms with van der Waals surface area (Å²) in [5.74, 6) is -0.289. The van der Waals surface area contributed by atoms with E-state index in [0.717, 1.165) is 12.8 Å². The van der Waals surface area contributed by atoms with Crippen molar-refractivity contribution in [1.82, 2.24) is 5.32 Å². The van der Waals surface area contributed by atoms with E-state index in [9.17, 15) is 13.2 Å². The summed E-state index contributed by atoms with van der Waals surface area (Å²) in [4.78, 5) is 12.3. The topological polar surface area (TPSA) is 75.3 Å². The molecule has 2 N–H and O–H groups in total. The summed E-state index contributed by atoms with van der Waals surface area (Å²) in [6, 6.07) is 10.2. The van der Waals surface area contributed by atoms with Crippen LogP contribution in [0.25, 0.3) is 0 Å². The zero-order valence-corrected chi connectivity index (χ0v) is 16.8. The molecule has 0 saturated heterocycles. The van der Waals surface area contributed by atoms with Crippen LogP contribution in [-0.4, -0.2) is 20.4 Å². The molecule has 0 aliphatic rings. The molecule has 5 nitrogen and oxygen atoms in total. The normalized spacial score (nSPS) is 12.5. The summed E-state index contributed by atoms with van der Waals surface area (Å²) in [5.41, 5.74) is 0.562. The van der Waals surface area contributed by atoms with Gasteiger partial charge in [0, 0.05) is 11.1 Å². The van der Waals surface area contributed by atoms with Gasteiger partial charge in [0.25, 0.3) is 15.9 Å². The number of carbonyl (C=O) groups excluding carboxylic acids is 1. The lowest BCUT2D eigenvalue weighted by atomic mass is 10.1. The van der Waals surface area contributed by atoms with Crippen molar-refractivity contribution in [3.8, 4) is 0 Å². The van der Waals surface area contributed by atoms with E-state index in [2.05, 4.69) is 10.0 Å². The smallest absolute Gasteiger partial charge is 0.261 e. The third-order valence-electron chi connectivity index (χ3n) is 3.69. The Morgan fingerprint density at radius 2 is 1.77 bits per heavy atom. The Morgan fingerprint density at radius 3 is 2.35 bits per heavy atom. The highest BCUT2D eigenvalue weighted by atomic mass is 35.5. The minimum absolute atomic E-state index is 0.0339. The summed E-state index contributed by atoms with van der Waals surface area (Å²) in [6.45, 7) is 3.96. The van der Waals surface area contributed by atoms with E-state index < -0.39 is 10.0 Å². The van der Waals surface area contributed by atoms with Gasteiger partial charge < -0.3 is 5.32 Å². The van der Waals surface area contributed by atoms with Crippen LogP contribution >= 0.6 is 23.2 Å². The van der Waals surface area contributed by atoms with Crippen molar-refractivity contribution in [3.63, 3.8) is 0 Å². The molecule has 0 unspecified atom stereocenters. The first-order valence-corrected chi connectivity index (χ1v) is 10.4. The molecule has 0 heterocycles. The maximum absolute atomic E-state index is 12.4. The van der Waals surface area contributed by atoms with Crippen molar-refractivity contribution in [3.05, 3.63) is 58.1 Å². The average molecular weight is 415 g/mol. The summed E-state index contributed by atoms with van der Waals surface area (Å²) in [5, 5.41) is 3.48. The minimum Gasteiger partial charge on any atom is -0.350 e. The van der Waals surface area contributed by atoms with Crippen molar-refractivity contribution in [2.45, 2.75) is 37.6 Å². The fraction of sp³-hybridized carbons (Fsp3) is 0.278. The zero-order chi connectivity index (χ0) is 19.3. The second-order valence-electron chi connectivity index (χ2n) is 5.92. The van der Waals surface area contributed by atoms with Crippen molar-refractivity contribution in [2.24, 2.45) is 0 Å².